The molecule has 0 spiro atoms. The molecule has 1 saturated heterocycles. The molecule has 2 aliphatic heterocycles. The maximum absolute atomic E-state index is 8.58. The molecule has 0 bridgehead atoms. The van der Waals surface area contributed by atoms with Crippen LogP contribution in [0.25, 0.3) is 0 Å². The van der Waals surface area contributed by atoms with E-state index in [4.69, 9.17) is 21.6 Å². The van der Waals surface area contributed by atoms with Crippen molar-refractivity contribution in [1.82, 2.24) is 15.5 Å². The SMILES string of the molecule is COC1=C(C(=C/N)/C=N/PI)C=C/C(=C(N)/C=C\C(=N)N(C)C2CC(C)(C)NC(C)(C)C2)N1. The van der Waals surface area contributed by atoms with Gasteiger partial charge in [-0.3, -0.25) is 10.2 Å². The van der Waals surface area contributed by atoms with Gasteiger partial charge in [-0.25, -0.2) is 0 Å². The zero-order chi connectivity index (χ0) is 24.8. The Labute approximate surface area is 212 Å². The van der Waals surface area contributed by atoms with Crippen molar-refractivity contribution in [1.29, 1.82) is 5.41 Å². The first-order valence-corrected chi connectivity index (χ1v) is 14.8. The first kappa shape index (κ1) is 27.4. The summed E-state index contributed by atoms with van der Waals surface area (Å²) in [6, 6.07) is 0.270. The van der Waals surface area contributed by atoms with Gasteiger partial charge >= 0.3 is 0 Å². The van der Waals surface area contributed by atoms with Gasteiger partial charge in [0.15, 0.2) is 5.88 Å². The maximum Gasteiger partial charge on any atom is 0.199 e. The summed E-state index contributed by atoms with van der Waals surface area (Å²) in [6.07, 6.45) is 12.8. The third kappa shape index (κ3) is 7.58. The predicted octanol–water partition coefficient (Wildman–Crippen LogP) is 3.81. The van der Waals surface area contributed by atoms with Crippen molar-refractivity contribution in [3.8, 4) is 0 Å². The van der Waals surface area contributed by atoms with E-state index in [0.717, 1.165) is 24.0 Å². The fourth-order valence-corrected chi connectivity index (χ4v) is 5.05. The normalized spacial score (nSPS) is 22.9. The van der Waals surface area contributed by atoms with Crippen LogP contribution in [-0.2, 0) is 4.74 Å². The zero-order valence-electron chi connectivity index (χ0n) is 20.3. The van der Waals surface area contributed by atoms with Gasteiger partial charge in [0.25, 0.3) is 0 Å². The van der Waals surface area contributed by atoms with Crippen LogP contribution >= 0.6 is 28.4 Å². The summed E-state index contributed by atoms with van der Waals surface area (Å²) in [5.74, 6) is 0.958. The average Bonchev–Trinajstić information content (AvgIpc) is 2.75. The average molecular weight is 585 g/mol. The summed E-state index contributed by atoms with van der Waals surface area (Å²) in [7, 11) is 3.57. The molecule has 0 aromatic carbocycles. The largest absolute Gasteiger partial charge is 0.482 e. The molecule has 2 rings (SSSR count). The van der Waals surface area contributed by atoms with Crippen LogP contribution in [-0.4, -0.2) is 48.2 Å². The van der Waals surface area contributed by atoms with Crippen LogP contribution in [0.1, 0.15) is 40.5 Å². The van der Waals surface area contributed by atoms with Crippen LogP contribution in [0.15, 0.2) is 63.7 Å². The molecule has 0 radical (unpaired) electrons. The van der Waals surface area contributed by atoms with Crippen LogP contribution < -0.4 is 22.1 Å². The number of likely N-dealkylation sites (N-methyl/N-ethyl adjacent to an activating group) is 1. The highest BCUT2D eigenvalue weighted by Gasteiger charge is 2.39. The lowest BCUT2D eigenvalue weighted by molar-refractivity contribution is 0.114. The van der Waals surface area contributed by atoms with Crippen molar-refractivity contribution < 1.29 is 4.74 Å². The highest BCUT2D eigenvalue weighted by atomic mass is 127. The lowest BCUT2D eigenvalue weighted by atomic mass is 9.79. The molecule has 7 N–H and O–H groups in total. The molecular formula is C23H37IN7OP. The van der Waals surface area contributed by atoms with Crippen molar-refractivity contribution in [2.75, 3.05) is 14.2 Å². The summed E-state index contributed by atoms with van der Waals surface area (Å²) in [5, 5.41) is 15.5. The van der Waals surface area contributed by atoms with Gasteiger partial charge in [0.05, 0.1) is 24.9 Å². The first-order chi connectivity index (χ1) is 15.4. The summed E-state index contributed by atoms with van der Waals surface area (Å²) >= 11 is 2.20. The number of rotatable bonds is 7. The number of piperidine rings is 1. The molecule has 8 nitrogen and oxygen atoms in total. The molecule has 182 valence electrons. The van der Waals surface area contributed by atoms with E-state index in [1.54, 1.807) is 25.5 Å². The molecule has 2 heterocycles. The quantitative estimate of drug-likeness (QED) is 0.134. The number of nitrogens with one attached hydrogen (secondary N) is 3. The summed E-state index contributed by atoms with van der Waals surface area (Å²) < 4.78 is 9.79. The molecule has 0 aromatic rings. The Hall–Kier alpha value is -1.84. The third-order valence-corrected chi connectivity index (χ3v) is 6.75. The first-order valence-electron chi connectivity index (χ1n) is 10.8. The van der Waals surface area contributed by atoms with E-state index in [1.165, 1.54) is 6.20 Å². The highest BCUT2D eigenvalue weighted by molar-refractivity contribution is 14.2. The van der Waals surface area contributed by atoms with E-state index in [0.29, 0.717) is 29.5 Å². The van der Waals surface area contributed by atoms with Crippen LogP contribution in [0.4, 0.5) is 0 Å². The second kappa shape index (κ2) is 11.5. The Bertz CT molecular complexity index is 915. The summed E-state index contributed by atoms with van der Waals surface area (Å²) in [6.45, 7) is 8.86. The van der Waals surface area contributed by atoms with Crippen LogP contribution in [0.2, 0.25) is 0 Å². The van der Waals surface area contributed by atoms with E-state index in [9.17, 15) is 0 Å². The fourth-order valence-electron chi connectivity index (χ4n) is 4.44. The van der Waals surface area contributed by atoms with Crippen molar-refractivity contribution in [3.63, 3.8) is 0 Å². The minimum Gasteiger partial charge on any atom is -0.482 e. The van der Waals surface area contributed by atoms with Gasteiger partial charge in [0.1, 0.15) is 5.84 Å². The molecule has 1 fully saturated rings. The van der Waals surface area contributed by atoms with Crippen molar-refractivity contribution in [3.05, 3.63) is 58.9 Å². The number of halogens is 1. The predicted molar refractivity (Wildman–Crippen MR) is 150 cm³/mol. The van der Waals surface area contributed by atoms with E-state index in [-0.39, 0.29) is 17.1 Å². The van der Waals surface area contributed by atoms with Gasteiger partial charge in [-0.2, -0.15) is 0 Å². The van der Waals surface area contributed by atoms with E-state index in [1.807, 2.05) is 24.1 Å². The number of nitrogens with zero attached hydrogens (tertiary/aromatic N) is 2. The van der Waals surface area contributed by atoms with Crippen molar-refractivity contribution in [2.24, 2.45) is 16.2 Å². The zero-order valence-corrected chi connectivity index (χ0v) is 23.4. The molecule has 0 amide bonds. The molecule has 33 heavy (non-hydrogen) atoms. The van der Waals surface area contributed by atoms with Crippen LogP contribution in [0, 0.1) is 5.41 Å². The summed E-state index contributed by atoms with van der Waals surface area (Å²) in [4.78, 5) is 2.03. The molecular weight excluding hydrogens is 548 g/mol. The number of ether oxygens (including phenoxy) is 1. The van der Waals surface area contributed by atoms with Gasteiger partial charge in [-0.15, -0.1) is 0 Å². The topological polar surface area (TPSA) is 125 Å². The highest BCUT2D eigenvalue weighted by Crippen LogP contribution is 2.31. The van der Waals surface area contributed by atoms with Gasteiger partial charge in [-0.05, 0) is 86.9 Å². The number of amidine groups is 1. The van der Waals surface area contributed by atoms with Crippen molar-refractivity contribution >= 4 is 40.5 Å². The second-order valence-corrected chi connectivity index (χ2v) is 11.4. The monoisotopic (exact) mass is 585 g/mol. The lowest BCUT2D eigenvalue weighted by Gasteiger charge is -2.49. The molecule has 0 saturated carbocycles. The molecule has 10 heteroatoms. The number of hydrogen-bond donors (Lipinski definition) is 5. The standard InChI is InChI=1S/C23H37IN7OP/c1-22(2)11-16(12-23(3,4)30-22)31(5)20(27)10-8-18(26)19-9-7-17(21(29-19)32-6)15(13-25)14-28-33-24/h7-10,13-14,16,27,29-30,33H,11-12,25-26H2,1-6H3/b10-8-,15-13+,19-18+,27-20?,28-14+. The Morgan fingerprint density at radius 1 is 1.27 bits per heavy atom. The van der Waals surface area contributed by atoms with Crippen LogP contribution in [0.3, 0.4) is 0 Å². The Kier molecular flexibility index (Phi) is 9.58. The van der Waals surface area contributed by atoms with E-state index < -0.39 is 0 Å². The minimum absolute atomic E-state index is 0.0156. The molecule has 2 aliphatic rings. The second-order valence-electron chi connectivity index (χ2n) is 9.52. The summed E-state index contributed by atoms with van der Waals surface area (Å²) in [5.41, 5.74) is 14.9. The number of methoxy groups -OCH3 is 1. The van der Waals surface area contributed by atoms with Gasteiger partial charge < -0.3 is 31.7 Å². The van der Waals surface area contributed by atoms with Crippen LogP contribution in [0.5, 0.6) is 0 Å². The van der Waals surface area contributed by atoms with E-state index >= 15 is 0 Å². The number of allylic oxidation sites excluding steroid dienone is 5. The maximum atomic E-state index is 8.58. The Balaban J connectivity index is 2.15. The Morgan fingerprint density at radius 2 is 1.91 bits per heavy atom. The smallest absolute Gasteiger partial charge is 0.199 e. The fraction of sp³-hybridized carbons (Fsp3) is 0.478. The number of dihydropyridines is 1. The number of nitrogens with two attached hydrogens (primary N) is 2. The number of hydrogen-bond acceptors (Lipinski definition) is 7. The minimum atomic E-state index is 0.0156. The third-order valence-electron chi connectivity index (χ3n) is 5.68. The molecule has 0 aromatic heterocycles. The lowest BCUT2D eigenvalue weighted by Crippen LogP contribution is -2.62. The Morgan fingerprint density at radius 3 is 2.45 bits per heavy atom. The molecule has 1 atom stereocenters. The molecule has 0 aliphatic carbocycles. The van der Waals surface area contributed by atoms with E-state index in [2.05, 4.69) is 65.1 Å². The molecule has 1 unspecified atom stereocenters. The van der Waals surface area contributed by atoms with Gasteiger partial charge in [0, 0.05) is 47.7 Å². The van der Waals surface area contributed by atoms with Gasteiger partial charge in [0.2, 0.25) is 0 Å². The van der Waals surface area contributed by atoms with Gasteiger partial charge in [-0.1, -0.05) is 0 Å². The van der Waals surface area contributed by atoms with Crippen molar-refractivity contribution in [2.45, 2.75) is 57.7 Å².